The first-order chi connectivity index (χ1) is 15.2. The molecule has 0 unspecified atom stereocenters. The lowest BCUT2D eigenvalue weighted by molar-refractivity contribution is -0.137. The predicted octanol–water partition coefficient (Wildman–Crippen LogP) is 5.10. The van der Waals surface area contributed by atoms with Crippen LogP contribution in [0.15, 0.2) is 49.1 Å². The average molecular weight is 464 g/mol. The van der Waals surface area contributed by atoms with Crippen molar-refractivity contribution in [2.45, 2.75) is 25.9 Å². The number of halogens is 4. The molecule has 1 aromatic carbocycles. The molecule has 3 heterocycles. The number of hydrogen-bond acceptors (Lipinski definition) is 4. The van der Waals surface area contributed by atoms with Crippen LogP contribution in [-0.2, 0) is 11.0 Å². The van der Waals surface area contributed by atoms with Gasteiger partial charge in [0.05, 0.1) is 22.6 Å². The van der Waals surface area contributed by atoms with E-state index >= 15 is 0 Å². The second kappa shape index (κ2) is 8.82. The SMILES string of the molecule is Cc1cn(-c2cc(NC(=O)C3CCN(c4ncccc4Cl)CC3)cc(C(F)(F)F)c2)cn1. The number of anilines is 2. The van der Waals surface area contributed by atoms with E-state index in [1.807, 2.05) is 4.90 Å². The van der Waals surface area contributed by atoms with Crippen LogP contribution in [0.25, 0.3) is 5.69 Å². The van der Waals surface area contributed by atoms with Gasteiger partial charge in [0.15, 0.2) is 0 Å². The summed E-state index contributed by atoms with van der Waals surface area (Å²) in [5.74, 6) is 0.0530. The van der Waals surface area contributed by atoms with Gasteiger partial charge in [-0.3, -0.25) is 4.79 Å². The van der Waals surface area contributed by atoms with Crippen LogP contribution in [0.2, 0.25) is 5.02 Å². The molecule has 4 rings (SSSR count). The number of alkyl halides is 3. The van der Waals surface area contributed by atoms with Gasteiger partial charge in [-0.15, -0.1) is 0 Å². The zero-order valence-electron chi connectivity index (χ0n) is 17.2. The Bertz CT molecular complexity index is 1120. The fraction of sp³-hybridized carbons (Fsp3) is 0.318. The van der Waals surface area contributed by atoms with Gasteiger partial charge in [-0.2, -0.15) is 13.2 Å². The fourth-order valence-electron chi connectivity index (χ4n) is 3.77. The maximum atomic E-state index is 13.4. The Hall–Kier alpha value is -3.07. The third-order valence-corrected chi connectivity index (χ3v) is 5.72. The van der Waals surface area contributed by atoms with Crippen molar-refractivity contribution in [1.82, 2.24) is 14.5 Å². The van der Waals surface area contributed by atoms with Crippen molar-refractivity contribution in [3.05, 3.63) is 65.3 Å². The summed E-state index contributed by atoms with van der Waals surface area (Å²) in [6.07, 6.45) is 1.27. The van der Waals surface area contributed by atoms with Crippen molar-refractivity contribution in [1.29, 1.82) is 0 Å². The lowest BCUT2D eigenvalue weighted by Crippen LogP contribution is -2.38. The standard InChI is InChI=1S/C22H21ClF3N5O/c1-14-12-31(13-28-14)18-10-16(22(24,25)26)9-17(11-18)29-21(32)15-4-7-30(8-5-15)20-19(23)3-2-6-27-20/h2-3,6,9-13,15H,4-5,7-8H2,1H3,(H,29,32). The number of carbonyl (C=O) groups excluding carboxylic acids is 1. The van der Waals surface area contributed by atoms with Gasteiger partial charge in [-0.25, -0.2) is 9.97 Å². The number of imidazole rings is 1. The molecule has 1 fully saturated rings. The van der Waals surface area contributed by atoms with E-state index in [1.165, 1.54) is 17.0 Å². The molecule has 6 nitrogen and oxygen atoms in total. The maximum Gasteiger partial charge on any atom is 0.416 e. The molecule has 1 aliphatic rings. The highest BCUT2D eigenvalue weighted by Crippen LogP contribution is 2.34. The summed E-state index contributed by atoms with van der Waals surface area (Å²) >= 11 is 6.20. The monoisotopic (exact) mass is 463 g/mol. The smallest absolute Gasteiger partial charge is 0.355 e. The first-order valence-corrected chi connectivity index (χ1v) is 10.5. The molecule has 0 aliphatic carbocycles. The van der Waals surface area contributed by atoms with Crippen LogP contribution in [0.1, 0.15) is 24.1 Å². The molecule has 0 atom stereocenters. The number of nitrogens with one attached hydrogen (secondary N) is 1. The summed E-state index contributed by atoms with van der Waals surface area (Å²) in [4.78, 5) is 23.2. The first-order valence-electron chi connectivity index (χ1n) is 10.1. The summed E-state index contributed by atoms with van der Waals surface area (Å²) < 4.78 is 41.8. The van der Waals surface area contributed by atoms with Crippen LogP contribution < -0.4 is 10.2 Å². The number of rotatable bonds is 4. The Labute approximate surface area is 188 Å². The Morgan fingerprint density at radius 1 is 1.19 bits per heavy atom. The van der Waals surface area contributed by atoms with Gasteiger partial charge in [0.25, 0.3) is 0 Å². The van der Waals surface area contributed by atoms with E-state index in [0.717, 1.165) is 12.1 Å². The molecule has 32 heavy (non-hydrogen) atoms. The number of benzene rings is 1. The number of hydrogen-bond donors (Lipinski definition) is 1. The molecule has 2 aromatic heterocycles. The third-order valence-electron chi connectivity index (χ3n) is 5.43. The zero-order valence-corrected chi connectivity index (χ0v) is 18.0. The van der Waals surface area contributed by atoms with Gasteiger partial charge < -0.3 is 14.8 Å². The van der Waals surface area contributed by atoms with E-state index in [1.54, 1.807) is 31.5 Å². The van der Waals surface area contributed by atoms with Crippen molar-refractivity contribution in [3.63, 3.8) is 0 Å². The Morgan fingerprint density at radius 3 is 2.56 bits per heavy atom. The minimum absolute atomic E-state index is 0.0985. The summed E-state index contributed by atoms with van der Waals surface area (Å²) in [6.45, 7) is 2.91. The van der Waals surface area contributed by atoms with Gasteiger partial charge in [0, 0.05) is 42.8 Å². The van der Waals surface area contributed by atoms with E-state index in [0.29, 0.717) is 42.5 Å². The van der Waals surface area contributed by atoms with Crippen LogP contribution in [-0.4, -0.2) is 33.5 Å². The van der Waals surface area contributed by atoms with Crippen LogP contribution in [0, 0.1) is 12.8 Å². The highest BCUT2D eigenvalue weighted by molar-refractivity contribution is 6.32. The van der Waals surface area contributed by atoms with E-state index in [2.05, 4.69) is 15.3 Å². The van der Waals surface area contributed by atoms with Crippen molar-refractivity contribution in [2.75, 3.05) is 23.3 Å². The van der Waals surface area contributed by atoms with Crippen molar-refractivity contribution in [2.24, 2.45) is 5.92 Å². The summed E-state index contributed by atoms with van der Waals surface area (Å²) in [7, 11) is 0. The minimum atomic E-state index is -4.54. The van der Waals surface area contributed by atoms with E-state index in [4.69, 9.17) is 11.6 Å². The van der Waals surface area contributed by atoms with Gasteiger partial charge in [0.2, 0.25) is 5.91 Å². The van der Waals surface area contributed by atoms with Crippen LogP contribution in [0.3, 0.4) is 0 Å². The highest BCUT2D eigenvalue weighted by atomic mass is 35.5. The van der Waals surface area contributed by atoms with Gasteiger partial charge in [-0.05, 0) is 50.1 Å². The largest absolute Gasteiger partial charge is 0.416 e. The van der Waals surface area contributed by atoms with Crippen molar-refractivity contribution >= 4 is 29.0 Å². The summed E-state index contributed by atoms with van der Waals surface area (Å²) in [6, 6.07) is 7.01. The number of pyridine rings is 1. The first kappa shape index (κ1) is 22.1. The molecule has 0 radical (unpaired) electrons. The summed E-state index contributed by atoms with van der Waals surface area (Å²) in [5, 5.41) is 3.22. The Kier molecular flexibility index (Phi) is 6.10. The number of aromatic nitrogens is 3. The second-order valence-electron chi connectivity index (χ2n) is 7.75. The van der Waals surface area contributed by atoms with Crippen molar-refractivity contribution in [3.8, 4) is 5.69 Å². The normalized spacial score (nSPS) is 15.1. The molecule has 168 valence electrons. The van der Waals surface area contributed by atoms with Crippen LogP contribution in [0.5, 0.6) is 0 Å². The molecule has 1 N–H and O–H groups in total. The quantitative estimate of drug-likeness (QED) is 0.584. The second-order valence-corrected chi connectivity index (χ2v) is 8.16. The highest BCUT2D eigenvalue weighted by Gasteiger charge is 2.32. The summed E-state index contributed by atoms with van der Waals surface area (Å²) in [5.41, 5.74) is 0.209. The molecule has 0 spiro atoms. The minimum Gasteiger partial charge on any atom is -0.355 e. The molecule has 3 aromatic rings. The van der Waals surface area contributed by atoms with E-state index in [9.17, 15) is 18.0 Å². The van der Waals surface area contributed by atoms with Crippen LogP contribution >= 0.6 is 11.6 Å². The molecule has 0 bridgehead atoms. The molecular weight excluding hydrogens is 443 g/mol. The molecule has 1 amide bonds. The zero-order chi connectivity index (χ0) is 22.9. The van der Waals surface area contributed by atoms with Gasteiger partial charge >= 0.3 is 6.18 Å². The lowest BCUT2D eigenvalue weighted by Gasteiger charge is -2.32. The molecule has 10 heteroatoms. The van der Waals surface area contributed by atoms with Gasteiger partial charge in [-0.1, -0.05) is 11.6 Å². The number of piperidine rings is 1. The Balaban J connectivity index is 1.49. The van der Waals surface area contributed by atoms with Crippen molar-refractivity contribution < 1.29 is 18.0 Å². The fourth-order valence-corrected chi connectivity index (χ4v) is 4.01. The van der Waals surface area contributed by atoms with E-state index in [-0.39, 0.29) is 23.2 Å². The number of amides is 1. The Morgan fingerprint density at radius 2 is 1.94 bits per heavy atom. The van der Waals surface area contributed by atoms with Gasteiger partial charge in [0.1, 0.15) is 5.82 Å². The number of aryl methyl sites for hydroxylation is 1. The molecule has 1 aliphatic heterocycles. The topological polar surface area (TPSA) is 63.1 Å². The molecule has 0 saturated carbocycles. The molecular formula is C22H21ClF3N5O. The average Bonchev–Trinajstić information content (AvgIpc) is 3.20. The maximum absolute atomic E-state index is 13.4. The third kappa shape index (κ3) is 4.88. The molecule has 1 saturated heterocycles. The van der Waals surface area contributed by atoms with E-state index < -0.39 is 11.7 Å². The lowest BCUT2D eigenvalue weighted by atomic mass is 9.95. The number of carbonyl (C=O) groups is 1. The predicted molar refractivity (Wildman–Crippen MR) is 116 cm³/mol. The number of nitrogens with zero attached hydrogens (tertiary/aromatic N) is 4. The van der Waals surface area contributed by atoms with Crippen LogP contribution in [0.4, 0.5) is 24.7 Å².